The van der Waals surface area contributed by atoms with Gasteiger partial charge in [0, 0.05) is 18.0 Å². The highest BCUT2D eigenvalue weighted by Crippen LogP contribution is 2.27. The Morgan fingerprint density at radius 1 is 1.23 bits per heavy atom. The summed E-state index contributed by atoms with van der Waals surface area (Å²) in [5, 5.41) is 7.89. The Bertz CT molecular complexity index is 1220. The fraction of sp³-hybridized carbons (Fsp3) is 0.300. The lowest BCUT2D eigenvalue weighted by atomic mass is 10.1. The van der Waals surface area contributed by atoms with Crippen molar-refractivity contribution in [2.45, 2.75) is 38.1 Å². The second kappa shape index (κ2) is 8.11. The topological polar surface area (TPSA) is 107 Å². The van der Waals surface area contributed by atoms with Crippen LogP contribution >= 0.6 is 0 Å². The number of imidazole rings is 1. The number of hydrogen-bond acceptors (Lipinski definition) is 4. The molecule has 0 saturated heterocycles. The molecule has 0 fully saturated rings. The van der Waals surface area contributed by atoms with Gasteiger partial charge in [0.1, 0.15) is 5.82 Å². The first-order valence-electron chi connectivity index (χ1n) is 9.18. The fourth-order valence-electron chi connectivity index (χ4n) is 3.31. The first-order valence-corrected chi connectivity index (χ1v) is 10.7. The van der Waals surface area contributed by atoms with Gasteiger partial charge in [-0.05, 0) is 49.2 Å². The maximum Gasteiger partial charge on any atom is 0.320 e. The second-order valence-corrected chi connectivity index (χ2v) is 8.71. The van der Waals surface area contributed by atoms with Crippen molar-refractivity contribution >= 4 is 27.0 Å². The van der Waals surface area contributed by atoms with Gasteiger partial charge in [-0.2, -0.15) is 8.78 Å². The smallest absolute Gasteiger partial charge is 0.320 e. The Hall–Kier alpha value is -2.85. The molecule has 160 valence electrons. The molecule has 10 heteroatoms. The van der Waals surface area contributed by atoms with Gasteiger partial charge in [0.15, 0.2) is 0 Å². The number of amides is 1. The normalized spacial score (nSPS) is 13.0. The van der Waals surface area contributed by atoms with Gasteiger partial charge in [0.2, 0.25) is 10.0 Å². The number of halogens is 2. The highest BCUT2D eigenvalue weighted by Gasteiger charge is 2.23. The number of benzene rings is 2. The minimum atomic E-state index is -3.99. The molecule has 0 aliphatic heterocycles. The molecule has 1 heterocycles. The zero-order valence-corrected chi connectivity index (χ0v) is 17.5. The lowest BCUT2D eigenvalue weighted by Crippen LogP contribution is -2.29. The Labute approximate surface area is 173 Å². The molecule has 7 nitrogen and oxygen atoms in total. The molecule has 0 aliphatic rings. The van der Waals surface area contributed by atoms with E-state index in [0.717, 1.165) is 4.57 Å². The Balaban J connectivity index is 1.85. The van der Waals surface area contributed by atoms with Crippen molar-refractivity contribution in [3.05, 3.63) is 58.9 Å². The standard InChI is InChI=1S/C20H22F2N4O3S/c1-11-8-14(9-17(13(11)3)30(23,28)29)19(27)24-10-12(2)18-25-15-6-4-5-7-16(15)26(18)20(21)22/h4-9,12,20H,10H2,1-3H3,(H,24,27)(H2,23,28,29)/t12-/m1/s1. The molecule has 3 N–H and O–H groups in total. The average molecular weight is 436 g/mol. The van der Waals surface area contributed by atoms with E-state index in [1.807, 2.05) is 0 Å². The van der Waals surface area contributed by atoms with Gasteiger partial charge < -0.3 is 5.32 Å². The number of aryl methyl sites for hydroxylation is 1. The van der Waals surface area contributed by atoms with Crippen molar-refractivity contribution in [3.8, 4) is 0 Å². The van der Waals surface area contributed by atoms with Crippen LogP contribution in [0.15, 0.2) is 41.3 Å². The van der Waals surface area contributed by atoms with Crippen LogP contribution in [0.25, 0.3) is 11.0 Å². The number of sulfonamides is 1. The third kappa shape index (κ3) is 4.19. The number of nitrogens with zero attached hydrogens (tertiary/aromatic N) is 2. The molecule has 0 spiro atoms. The van der Waals surface area contributed by atoms with Crippen LogP contribution in [-0.4, -0.2) is 30.4 Å². The summed E-state index contributed by atoms with van der Waals surface area (Å²) in [7, 11) is -3.99. The zero-order chi connectivity index (χ0) is 22.2. The quantitative estimate of drug-likeness (QED) is 0.619. The molecule has 2 aromatic carbocycles. The van der Waals surface area contributed by atoms with Gasteiger partial charge >= 0.3 is 6.55 Å². The monoisotopic (exact) mass is 436 g/mol. The fourth-order valence-corrected chi connectivity index (χ4v) is 4.19. The van der Waals surface area contributed by atoms with Gasteiger partial charge in [0.05, 0.1) is 15.9 Å². The summed E-state index contributed by atoms with van der Waals surface area (Å²) < 4.78 is 51.7. The Morgan fingerprint density at radius 3 is 2.53 bits per heavy atom. The number of nitrogens with two attached hydrogens (primary N) is 1. The van der Waals surface area contributed by atoms with E-state index in [4.69, 9.17) is 5.14 Å². The molecule has 0 aliphatic carbocycles. The van der Waals surface area contributed by atoms with Gasteiger partial charge in [-0.15, -0.1) is 0 Å². The van der Waals surface area contributed by atoms with E-state index in [2.05, 4.69) is 10.3 Å². The van der Waals surface area contributed by atoms with Crippen LogP contribution in [0.5, 0.6) is 0 Å². The number of rotatable bonds is 6. The first kappa shape index (κ1) is 21.8. The van der Waals surface area contributed by atoms with E-state index in [0.29, 0.717) is 22.2 Å². The molecule has 0 radical (unpaired) electrons. The SMILES string of the molecule is Cc1cc(C(=O)NC[C@@H](C)c2nc3ccccc3n2C(F)F)cc(S(N)(=O)=O)c1C. The van der Waals surface area contributed by atoms with Crippen molar-refractivity contribution < 1.29 is 22.0 Å². The van der Waals surface area contributed by atoms with Crippen LogP contribution in [0.1, 0.15) is 46.7 Å². The van der Waals surface area contributed by atoms with Crippen LogP contribution in [0.3, 0.4) is 0 Å². The van der Waals surface area contributed by atoms with Gasteiger partial charge in [-0.1, -0.05) is 19.1 Å². The maximum atomic E-state index is 13.6. The lowest BCUT2D eigenvalue weighted by Gasteiger charge is -2.16. The molecule has 3 rings (SSSR count). The summed E-state index contributed by atoms with van der Waals surface area (Å²) in [6.07, 6.45) is 0. The predicted octanol–water partition coefficient (Wildman–Crippen LogP) is 3.23. The first-order chi connectivity index (χ1) is 14.0. The molecule has 0 bridgehead atoms. The van der Waals surface area contributed by atoms with Gasteiger partial charge in [-0.3, -0.25) is 9.36 Å². The lowest BCUT2D eigenvalue weighted by molar-refractivity contribution is 0.0704. The number of carbonyl (C=O) groups is 1. The molecule has 1 aromatic heterocycles. The molecular weight excluding hydrogens is 414 g/mol. The highest BCUT2D eigenvalue weighted by atomic mass is 32.2. The van der Waals surface area contributed by atoms with Crippen LogP contribution < -0.4 is 10.5 Å². The molecule has 3 aromatic rings. The van der Waals surface area contributed by atoms with Crippen LogP contribution in [0.4, 0.5) is 8.78 Å². The summed E-state index contributed by atoms with van der Waals surface area (Å²) in [6.45, 7) is 2.22. The predicted molar refractivity (Wildman–Crippen MR) is 109 cm³/mol. The summed E-state index contributed by atoms with van der Waals surface area (Å²) in [4.78, 5) is 16.8. The van der Waals surface area contributed by atoms with E-state index in [9.17, 15) is 22.0 Å². The van der Waals surface area contributed by atoms with Crippen molar-refractivity contribution in [2.24, 2.45) is 5.14 Å². The Kier molecular flexibility index (Phi) is 5.91. The summed E-state index contributed by atoms with van der Waals surface area (Å²) >= 11 is 0. The third-order valence-corrected chi connectivity index (χ3v) is 6.05. The van der Waals surface area contributed by atoms with Crippen molar-refractivity contribution in [1.29, 1.82) is 0 Å². The zero-order valence-electron chi connectivity index (χ0n) is 16.7. The molecular formula is C20H22F2N4O3S. The molecule has 0 saturated carbocycles. The minimum absolute atomic E-state index is 0.0342. The van der Waals surface area contributed by atoms with Crippen molar-refractivity contribution in [2.75, 3.05) is 6.54 Å². The summed E-state index contributed by atoms with van der Waals surface area (Å²) in [5.74, 6) is -0.897. The molecule has 1 atom stereocenters. The highest BCUT2D eigenvalue weighted by molar-refractivity contribution is 7.89. The van der Waals surface area contributed by atoms with E-state index < -0.39 is 28.4 Å². The largest absolute Gasteiger partial charge is 0.351 e. The second-order valence-electron chi connectivity index (χ2n) is 7.18. The number of para-hydroxylation sites is 2. The number of primary sulfonamides is 1. The van der Waals surface area contributed by atoms with Gasteiger partial charge in [-0.25, -0.2) is 18.5 Å². The van der Waals surface area contributed by atoms with E-state index in [-0.39, 0.29) is 22.8 Å². The summed E-state index contributed by atoms with van der Waals surface area (Å²) in [6, 6.07) is 9.34. The number of hydrogen-bond donors (Lipinski definition) is 2. The van der Waals surface area contributed by atoms with E-state index in [1.165, 1.54) is 6.07 Å². The van der Waals surface area contributed by atoms with Crippen molar-refractivity contribution in [3.63, 3.8) is 0 Å². The summed E-state index contributed by atoms with van der Waals surface area (Å²) in [5.41, 5.74) is 1.94. The number of alkyl halides is 2. The number of fused-ring (bicyclic) bond motifs is 1. The number of carbonyl (C=O) groups excluding carboxylic acids is 1. The number of aromatic nitrogens is 2. The minimum Gasteiger partial charge on any atom is -0.351 e. The van der Waals surface area contributed by atoms with Crippen LogP contribution in [0.2, 0.25) is 0 Å². The molecule has 30 heavy (non-hydrogen) atoms. The third-order valence-electron chi connectivity index (χ3n) is 5.02. The molecule has 0 unspecified atom stereocenters. The maximum absolute atomic E-state index is 13.6. The van der Waals surface area contributed by atoms with Gasteiger partial charge in [0.25, 0.3) is 5.91 Å². The Morgan fingerprint density at radius 2 is 1.90 bits per heavy atom. The van der Waals surface area contributed by atoms with Crippen LogP contribution in [-0.2, 0) is 10.0 Å². The molecule has 1 amide bonds. The number of nitrogens with one attached hydrogen (secondary N) is 1. The van der Waals surface area contributed by atoms with E-state index >= 15 is 0 Å². The van der Waals surface area contributed by atoms with E-state index in [1.54, 1.807) is 51.1 Å². The van der Waals surface area contributed by atoms with Crippen molar-refractivity contribution in [1.82, 2.24) is 14.9 Å². The average Bonchev–Trinajstić information content (AvgIpc) is 3.06. The van der Waals surface area contributed by atoms with Crippen LogP contribution in [0, 0.1) is 13.8 Å².